The Bertz CT molecular complexity index is 1030. The molecule has 0 radical (unpaired) electrons. The number of benzene rings is 2. The number of fused-ring (bicyclic) bond motifs is 1. The van der Waals surface area contributed by atoms with E-state index in [0.29, 0.717) is 52.8 Å². The van der Waals surface area contributed by atoms with Gasteiger partial charge in [0.1, 0.15) is 22.8 Å². The minimum atomic E-state index is -0.312. The number of nitrogens with one attached hydrogen (secondary N) is 1. The zero-order valence-corrected chi connectivity index (χ0v) is 16.2. The molecule has 1 amide bonds. The van der Waals surface area contributed by atoms with Gasteiger partial charge >= 0.3 is 0 Å². The van der Waals surface area contributed by atoms with Gasteiger partial charge in [-0.05, 0) is 49.2 Å². The molecule has 0 spiro atoms. The van der Waals surface area contributed by atoms with Gasteiger partial charge in [0.25, 0.3) is 5.91 Å². The molecule has 1 aliphatic heterocycles. The molecule has 3 aromatic rings. The highest BCUT2D eigenvalue weighted by molar-refractivity contribution is 6.12. The largest absolute Gasteiger partial charge is 0.508 e. The van der Waals surface area contributed by atoms with Gasteiger partial charge in [-0.15, -0.1) is 0 Å². The summed E-state index contributed by atoms with van der Waals surface area (Å²) in [4.78, 5) is 15.0. The fraction of sp³-hybridized carbons (Fsp3) is 0.318. The van der Waals surface area contributed by atoms with Crippen LogP contribution in [0, 0.1) is 0 Å². The molecule has 2 heterocycles. The number of piperidine rings is 1. The fourth-order valence-electron chi connectivity index (χ4n) is 3.87. The lowest BCUT2D eigenvalue weighted by Crippen LogP contribution is -2.35. The van der Waals surface area contributed by atoms with E-state index < -0.39 is 0 Å². The third-order valence-electron chi connectivity index (χ3n) is 5.46. The number of phenols is 2. The zero-order valence-electron chi connectivity index (χ0n) is 16.2. The van der Waals surface area contributed by atoms with Gasteiger partial charge in [-0.25, -0.2) is 0 Å². The van der Waals surface area contributed by atoms with Crippen molar-refractivity contribution in [2.45, 2.75) is 25.5 Å². The molecule has 2 aromatic carbocycles. The third-order valence-corrected chi connectivity index (χ3v) is 5.46. The molecule has 1 fully saturated rings. The second kappa shape index (κ2) is 7.77. The van der Waals surface area contributed by atoms with E-state index in [0.717, 1.165) is 13.1 Å². The van der Waals surface area contributed by atoms with Gasteiger partial charge in [0.2, 0.25) is 0 Å². The number of hydrogen-bond acceptors (Lipinski definition) is 6. The zero-order chi connectivity index (χ0) is 20.5. The number of carbonyl (C=O) groups is 1. The van der Waals surface area contributed by atoms with Crippen molar-refractivity contribution in [3.8, 4) is 22.8 Å². The molecule has 7 nitrogen and oxygen atoms in total. The van der Waals surface area contributed by atoms with Gasteiger partial charge < -0.3 is 25.1 Å². The lowest BCUT2D eigenvalue weighted by molar-refractivity contribution is 0.0791. The van der Waals surface area contributed by atoms with Crippen LogP contribution < -0.4 is 5.32 Å². The number of nitrogens with zero attached hydrogens (tertiary/aromatic N) is 1. The van der Waals surface area contributed by atoms with E-state index in [-0.39, 0.29) is 23.5 Å². The average molecular weight is 396 g/mol. The highest BCUT2D eigenvalue weighted by Crippen LogP contribution is 2.39. The first-order chi connectivity index (χ1) is 14.0. The topological polar surface area (TPSA) is 106 Å². The molecule has 152 valence electrons. The Hall–Kier alpha value is -3.03. The van der Waals surface area contributed by atoms with Crippen LogP contribution in [0.1, 0.15) is 28.8 Å². The SMILES string of the molecule is CNC(=O)c1c(-c2ccc(O)cc2)oc2ccc(O)c(CN3CCC(O)CC3)c12. The molecule has 1 aromatic heterocycles. The second-order valence-corrected chi connectivity index (χ2v) is 7.38. The summed E-state index contributed by atoms with van der Waals surface area (Å²) in [6.07, 6.45) is 1.08. The molecule has 0 saturated carbocycles. The number of aliphatic hydroxyl groups is 1. The number of aromatic hydroxyl groups is 2. The Labute approximate surface area is 168 Å². The normalized spacial score (nSPS) is 15.7. The maximum absolute atomic E-state index is 12.8. The predicted molar refractivity (Wildman–Crippen MR) is 109 cm³/mol. The van der Waals surface area contributed by atoms with E-state index in [1.165, 1.54) is 12.1 Å². The fourth-order valence-corrected chi connectivity index (χ4v) is 3.87. The van der Waals surface area contributed by atoms with Crippen LogP contribution in [0.15, 0.2) is 40.8 Å². The average Bonchev–Trinajstić information content (AvgIpc) is 3.11. The van der Waals surface area contributed by atoms with Crippen molar-refractivity contribution in [2.75, 3.05) is 20.1 Å². The minimum absolute atomic E-state index is 0.104. The summed E-state index contributed by atoms with van der Waals surface area (Å²) in [5.74, 6) is 0.303. The molecule has 4 rings (SSSR count). The summed E-state index contributed by atoms with van der Waals surface area (Å²) in [5, 5.41) is 33.2. The quantitative estimate of drug-likeness (QED) is 0.540. The molecule has 0 unspecified atom stereocenters. The summed E-state index contributed by atoms with van der Waals surface area (Å²) >= 11 is 0. The number of carbonyl (C=O) groups excluding carboxylic acids is 1. The third kappa shape index (κ3) is 3.66. The molecule has 1 aliphatic rings. The summed E-state index contributed by atoms with van der Waals surface area (Å²) < 4.78 is 6.04. The van der Waals surface area contributed by atoms with Crippen molar-refractivity contribution in [1.29, 1.82) is 0 Å². The van der Waals surface area contributed by atoms with Crippen LogP contribution in [0.5, 0.6) is 11.5 Å². The molecule has 0 aliphatic carbocycles. The smallest absolute Gasteiger partial charge is 0.255 e. The van der Waals surface area contributed by atoms with Gasteiger partial charge in [0, 0.05) is 43.2 Å². The van der Waals surface area contributed by atoms with E-state index in [1.54, 1.807) is 31.3 Å². The van der Waals surface area contributed by atoms with E-state index in [9.17, 15) is 20.1 Å². The first-order valence-electron chi connectivity index (χ1n) is 9.67. The lowest BCUT2D eigenvalue weighted by Gasteiger charge is -2.29. The van der Waals surface area contributed by atoms with Crippen LogP contribution in [-0.4, -0.2) is 52.4 Å². The lowest BCUT2D eigenvalue weighted by atomic mass is 9.99. The van der Waals surface area contributed by atoms with E-state index >= 15 is 0 Å². The number of rotatable bonds is 4. The Balaban J connectivity index is 1.86. The van der Waals surface area contributed by atoms with Gasteiger partial charge in [-0.3, -0.25) is 9.69 Å². The van der Waals surface area contributed by atoms with Gasteiger partial charge in [-0.2, -0.15) is 0 Å². The molecule has 4 N–H and O–H groups in total. The molecule has 7 heteroatoms. The van der Waals surface area contributed by atoms with Crippen LogP contribution in [0.2, 0.25) is 0 Å². The van der Waals surface area contributed by atoms with Crippen molar-refractivity contribution >= 4 is 16.9 Å². The molecule has 29 heavy (non-hydrogen) atoms. The number of hydrogen-bond donors (Lipinski definition) is 4. The Morgan fingerprint density at radius 1 is 1.14 bits per heavy atom. The maximum atomic E-state index is 12.8. The van der Waals surface area contributed by atoms with Crippen molar-refractivity contribution in [3.05, 3.63) is 47.5 Å². The van der Waals surface area contributed by atoms with Crippen LogP contribution >= 0.6 is 0 Å². The highest BCUT2D eigenvalue weighted by atomic mass is 16.3. The molecular weight excluding hydrogens is 372 g/mol. The monoisotopic (exact) mass is 396 g/mol. The van der Waals surface area contributed by atoms with Crippen molar-refractivity contribution in [1.82, 2.24) is 10.2 Å². The van der Waals surface area contributed by atoms with Crippen molar-refractivity contribution in [3.63, 3.8) is 0 Å². The standard InChI is InChI=1S/C22H24N2O5/c1-23-22(28)20-19-16(12-24-10-8-15(26)9-11-24)17(27)6-7-18(19)29-21(20)13-2-4-14(25)5-3-13/h2-7,15,25-27H,8-12H2,1H3,(H,23,28). The summed E-state index contributed by atoms with van der Waals surface area (Å²) in [6, 6.07) is 9.68. The number of phenolic OH excluding ortho intramolecular Hbond substituents is 2. The van der Waals surface area contributed by atoms with Gasteiger partial charge in [-0.1, -0.05) is 0 Å². The van der Waals surface area contributed by atoms with Gasteiger partial charge in [0.05, 0.1) is 11.7 Å². The number of likely N-dealkylation sites (tertiary alicyclic amines) is 1. The van der Waals surface area contributed by atoms with Crippen LogP contribution in [0.25, 0.3) is 22.3 Å². The molecular formula is C22H24N2O5. The van der Waals surface area contributed by atoms with Gasteiger partial charge in [0.15, 0.2) is 0 Å². The highest BCUT2D eigenvalue weighted by Gasteiger charge is 2.27. The molecule has 0 atom stereocenters. The van der Waals surface area contributed by atoms with Crippen molar-refractivity contribution < 1.29 is 24.5 Å². The molecule has 1 saturated heterocycles. The van der Waals surface area contributed by atoms with Crippen molar-refractivity contribution in [2.24, 2.45) is 0 Å². The Morgan fingerprint density at radius 2 is 1.83 bits per heavy atom. The number of amides is 1. The number of aliphatic hydroxyl groups excluding tert-OH is 1. The Kier molecular flexibility index (Phi) is 5.17. The molecule has 0 bridgehead atoms. The first kappa shape index (κ1) is 19.3. The summed E-state index contributed by atoms with van der Waals surface area (Å²) in [6.45, 7) is 1.89. The van der Waals surface area contributed by atoms with E-state index in [4.69, 9.17) is 4.42 Å². The van der Waals surface area contributed by atoms with E-state index in [2.05, 4.69) is 10.2 Å². The Morgan fingerprint density at radius 3 is 2.48 bits per heavy atom. The number of furan rings is 1. The summed E-state index contributed by atoms with van der Waals surface area (Å²) in [7, 11) is 1.55. The minimum Gasteiger partial charge on any atom is -0.508 e. The second-order valence-electron chi connectivity index (χ2n) is 7.38. The van der Waals surface area contributed by atoms with Crippen LogP contribution in [0.3, 0.4) is 0 Å². The van der Waals surface area contributed by atoms with Crippen LogP contribution in [-0.2, 0) is 6.54 Å². The predicted octanol–water partition coefficient (Wildman–Crippen LogP) is 2.83. The first-order valence-corrected chi connectivity index (χ1v) is 9.67. The maximum Gasteiger partial charge on any atom is 0.255 e. The van der Waals surface area contributed by atoms with E-state index in [1.807, 2.05) is 0 Å². The van der Waals surface area contributed by atoms with Crippen LogP contribution in [0.4, 0.5) is 0 Å². The summed E-state index contributed by atoms with van der Waals surface area (Å²) in [5.41, 5.74) is 2.16.